The molecule has 0 saturated carbocycles. The molecule has 6 heteroatoms. The molecule has 1 aromatic carbocycles. The highest BCUT2D eigenvalue weighted by Crippen LogP contribution is 2.25. The number of aromatic amines is 2. The number of unbranched alkanes of at least 4 members (excludes halogenated alkanes) is 2. The van der Waals surface area contributed by atoms with E-state index in [1.54, 1.807) is 6.20 Å². The molecule has 0 unspecified atom stereocenters. The van der Waals surface area contributed by atoms with Crippen molar-refractivity contribution in [3.05, 3.63) is 70.7 Å². The molecule has 6 nitrogen and oxygen atoms in total. The number of pyridine rings is 1. The van der Waals surface area contributed by atoms with Gasteiger partial charge in [-0.05, 0) is 55.2 Å². The minimum atomic E-state index is -0.0231. The van der Waals surface area contributed by atoms with E-state index >= 15 is 0 Å². The van der Waals surface area contributed by atoms with E-state index in [2.05, 4.69) is 33.2 Å². The van der Waals surface area contributed by atoms with Gasteiger partial charge in [0.15, 0.2) is 5.78 Å². The standard InChI is InChI=1S/C27H30N4O2/c1-4-5-6-10-23(32)13-19-8-7-9-21(11-19)24-15-22-12-20(16-28-27(22)29-24)14-25(33)26-17(2)18(3)30-31-26/h7-9,11-12,15-16H,4-6,10,13-14H2,1-3H3,(H,28,29)(H,30,31). The van der Waals surface area contributed by atoms with Gasteiger partial charge in [0.2, 0.25) is 0 Å². The number of nitrogens with one attached hydrogen (secondary N) is 2. The van der Waals surface area contributed by atoms with Crippen molar-refractivity contribution >= 4 is 22.6 Å². The molecule has 0 spiro atoms. The van der Waals surface area contributed by atoms with Gasteiger partial charge in [0.1, 0.15) is 17.1 Å². The van der Waals surface area contributed by atoms with Gasteiger partial charge in [-0.25, -0.2) is 4.98 Å². The zero-order valence-electron chi connectivity index (χ0n) is 19.5. The Kier molecular flexibility index (Phi) is 6.82. The number of nitrogens with zero attached hydrogens (tertiary/aromatic N) is 2. The smallest absolute Gasteiger partial charge is 0.187 e. The van der Waals surface area contributed by atoms with Crippen molar-refractivity contribution in [2.45, 2.75) is 59.3 Å². The average molecular weight is 443 g/mol. The largest absolute Gasteiger partial charge is 0.339 e. The monoisotopic (exact) mass is 442 g/mol. The molecule has 0 bridgehead atoms. The second-order valence-electron chi connectivity index (χ2n) is 8.76. The van der Waals surface area contributed by atoms with E-state index in [1.807, 2.05) is 44.2 Å². The third-order valence-electron chi connectivity index (χ3n) is 6.11. The van der Waals surface area contributed by atoms with Gasteiger partial charge in [-0.3, -0.25) is 14.7 Å². The molecular formula is C27H30N4O2. The van der Waals surface area contributed by atoms with Crippen molar-refractivity contribution in [1.29, 1.82) is 0 Å². The molecular weight excluding hydrogens is 412 g/mol. The van der Waals surface area contributed by atoms with E-state index in [4.69, 9.17) is 0 Å². The molecule has 0 aliphatic rings. The van der Waals surface area contributed by atoms with Crippen molar-refractivity contribution in [3.8, 4) is 11.3 Å². The van der Waals surface area contributed by atoms with Crippen LogP contribution in [0, 0.1) is 13.8 Å². The van der Waals surface area contributed by atoms with Gasteiger partial charge in [-0.15, -0.1) is 0 Å². The van der Waals surface area contributed by atoms with Gasteiger partial charge < -0.3 is 4.98 Å². The van der Waals surface area contributed by atoms with Crippen molar-refractivity contribution in [2.75, 3.05) is 0 Å². The summed E-state index contributed by atoms with van der Waals surface area (Å²) in [4.78, 5) is 32.8. The highest BCUT2D eigenvalue weighted by molar-refractivity contribution is 5.97. The van der Waals surface area contributed by atoms with Crippen LogP contribution in [0.5, 0.6) is 0 Å². The summed E-state index contributed by atoms with van der Waals surface area (Å²) in [5.41, 5.74) is 6.90. The van der Waals surface area contributed by atoms with E-state index in [-0.39, 0.29) is 18.0 Å². The molecule has 170 valence electrons. The Hall–Kier alpha value is -3.54. The number of hydrogen-bond donors (Lipinski definition) is 2. The topological polar surface area (TPSA) is 91.5 Å². The number of benzene rings is 1. The van der Waals surface area contributed by atoms with E-state index in [0.29, 0.717) is 18.5 Å². The van der Waals surface area contributed by atoms with Gasteiger partial charge in [-0.1, -0.05) is 38.0 Å². The summed E-state index contributed by atoms with van der Waals surface area (Å²) < 4.78 is 0. The Morgan fingerprint density at radius 1 is 1.00 bits per heavy atom. The Labute approximate surface area is 193 Å². The minimum absolute atomic E-state index is 0.0231. The van der Waals surface area contributed by atoms with Crippen LogP contribution in [-0.2, 0) is 17.6 Å². The minimum Gasteiger partial charge on any atom is -0.339 e. The lowest BCUT2D eigenvalue weighted by Crippen LogP contribution is -2.06. The number of aryl methyl sites for hydroxylation is 1. The number of fused-ring (bicyclic) bond motifs is 1. The number of ketones is 2. The summed E-state index contributed by atoms with van der Waals surface area (Å²) in [6.07, 6.45) is 6.29. The maximum Gasteiger partial charge on any atom is 0.187 e. The zero-order chi connectivity index (χ0) is 23.4. The van der Waals surface area contributed by atoms with Crippen LogP contribution in [0.4, 0.5) is 0 Å². The van der Waals surface area contributed by atoms with E-state index in [9.17, 15) is 9.59 Å². The second-order valence-corrected chi connectivity index (χ2v) is 8.76. The van der Waals surface area contributed by atoms with Gasteiger partial charge >= 0.3 is 0 Å². The zero-order valence-corrected chi connectivity index (χ0v) is 19.5. The first-order valence-corrected chi connectivity index (χ1v) is 11.6. The lowest BCUT2D eigenvalue weighted by molar-refractivity contribution is -0.118. The van der Waals surface area contributed by atoms with Crippen LogP contribution in [0.25, 0.3) is 22.3 Å². The van der Waals surface area contributed by atoms with Crippen LogP contribution < -0.4 is 0 Å². The van der Waals surface area contributed by atoms with Gasteiger partial charge in [-0.2, -0.15) is 5.10 Å². The van der Waals surface area contributed by atoms with Crippen molar-refractivity contribution in [1.82, 2.24) is 20.2 Å². The lowest BCUT2D eigenvalue weighted by Gasteiger charge is -2.04. The molecule has 0 saturated heterocycles. The van der Waals surface area contributed by atoms with Gasteiger partial charge in [0.05, 0.1) is 0 Å². The first kappa shape index (κ1) is 22.6. The summed E-state index contributed by atoms with van der Waals surface area (Å²) in [6.45, 7) is 5.95. The predicted molar refractivity (Wildman–Crippen MR) is 130 cm³/mol. The number of aromatic nitrogens is 4. The molecule has 0 aliphatic carbocycles. The van der Waals surface area contributed by atoms with Crippen LogP contribution in [0.3, 0.4) is 0 Å². The van der Waals surface area contributed by atoms with Crippen LogP contribution in [0.1, 0.15) is 65.5 Å². The molecule has 33 heavy (non-hydrogen) atoms. The van der Waals surface area contributed by atoms with Crippen LogP contribution in [-0.4, -0.2) is 31.7 Å². The summed E-state index contributed by atoms with van der Waals surface area (Å²) in [5.74, 6) is 0.264. The van der Waals surface area contributed by atoms with Crippen molar-refractivity contribution in [3.63, 3.8) is 0 Å². The Balaban J connectivity index is 1.50. The van der Waals surface area contributed by atoms with E-state index in [0.717, 1.165) is 63.9 Å². The fourth-order valence-corrected chi connectivity index (χ4v) is 4.08. The first-order chi connectivity index (χ1) is 15.9. The third-order valence-corrected chi connectivity index (χ3v) is 6.11. The molecule has 3 heterocycles. The summed E-state index contributed by atoms with van der Waals surface area (Å²) in [6, 6.07) is 12.1. The predicted octanol–water partition coefficient (Wildman–Crippen LogP) is 5.69. The molecule has 0 amide bonds. The summed E-state index contributed by atoms with van der Waals surface area (Å²) in [5, 5.41) is 7.96. The highest BCUT2D eigenvalue weighted by Gasteiger charge is 2.16. The number of carbonyl (C=O) groups is 2. The molecule has 0 radical (unpaired) electrons. The maximum absolute atomic E-state index is 12.7. The summed E-state index contributed by atoms with van der Waals surface area (Å²) >= 11 is 0. The Morgan fingerprint density at radius 2 is 1.85 bits per heavy atom. The SMILES string of the molecule is CCCCCC(=O)Cc1cccc(-c2cc3cc(CC(=O)c4n[nH]c(C)c4C)cnc3[nH]2)c1. The first-order valence-electron chi connectivity index (χ1n) is 11.6. The average Bonchev–Trinajstić information content (AvgIpc) is 3.37. The molecule has 4 aromatic rings. The highest BCUT2D eigenvalue weighted by atomic mass is 16.1. The molecule has 0 fully saturated rings. The number of H-pyrrole nitrogens is 2. The molecule has 0 atom stereocenters. The number of rotatable bonds is 10. The van der Waals surface area contributed by atoms with E-state index in [1.165, 1.54) is 0 Å². The molecule has 0 aliphatic heterocycles. The molecule has 4 rings (SSSR count). The van der Waals surface area contributed by atoms with Crippen LogP contribution in [0.15, 0.2) is 42.6 Å². The number of Topliss-reactive ketones (excluding diaryl/α,β-unsaturated/α-hetero) is 2. The Morgan fingerprint density at radius 3 is 2.61 bits per heavy atom. The van der Waals surface area contributed by atoms with Crippen molar-refractivity contribution < 1.29 is 9.59 Å². The number of hydrogen-bond acceptors (Lipinski definition) is 4. The van der Waals surface area contributed by atoms with Crippen molar-refractivity contribution in [2.24, 2.45) is 0 Å². The fourth-order valence-electron chi connectivity index (χ4n) is 4.08. The lowest BCUT2D eigenvalue weighted by atomic mass is 10.0. The van der Waals surface area contributed by atoms with E-state index < -0.39 is 0 Å². The Bertz CT molecular complexity index is 1300. The molecule has 3 aromatic heterocycles. The maximum atomic E-state index is 12.7. The normalized spacial score (nSPS) is 11.2. The molecule has 2 N–H and O–H groups in total. The quantitative estimate of drug-likeness (QED) is 0.244. The number of carbonyl (C=O) groups excluding carboxylic acids is 2. The third kappa shape index (κ3) is 5.28. The second kappa shape index (κ2) is 9.94. The summed E-state index contributed by atoms with van der Waals surface area (Å²) in [7, 11) is 0. The van der Waals surface area contributed by atoms with Crippen LogP contribution >= 0.6 is 0 Å². The fraction of sp³-hybridized carbons (Fsp3) is 0.333. The van der Waals surface area contributed by atoms with Crippen LogP contribution in [0.2, 0.25) is 0 Å². The van der Waals surface area contributed by atoms with Gasteiger partial charge in [0, 0.05) is 47.8 Å². The van der Waals surface area contributed by atoms with Gasteiger partial charge in [0.25, 0.3) is 0 Å².